The number of anilines is 1. The Morgan fingerprint density at radius 2 is 1.56 bits per heavy atom. The van der Waals surface area contributed by atoms with Crippen LogP contribution in [0.5, 0.6) is 11.5 Å². The van der Waals surface area contributed by atoms with Crippen LogP contribution in [0.1, 0.15) is 77.8 Å². The van der Waals surface area contributed by atoms with E-state index in [2.05, 4.69) is 18.8 Å². The maximum Gasteiger partial charge on any atom is 0.419 e. The zero-order chi connectivity index (χ0) is 39.7. The number of unbranched alkanes of at least 4 members (excludes halogenated alkanes) is 4. The topological polar surface area (TPSA) is 131 Å². The van der Waals surface area contributed by atoms with E-state index in [4.69, 9.17) is 14.2 Å². The third kappa shape index (κ3) is 13.9. The lowest BCUT2D eigenvalue weighted by atomic mass is 10.1. The fraction of sp³-hybridized carbons (Fsp3) is 0.317. The van der Waals surface area contributed by atoms with Crippen molar-refractivity contribution in [3.05, 3.63) is 125 Å². The average Bonchev–Trinajstić information content (AvgIpc) is 3.14. The van der Waals surface area contributed by atoms with Crippen LogP contribution < -0.4 is 14.8 Å². The van der Waals surface area contributed by atoms with E-state index in [0.717, 1.165) is 37.0 Å². The number of allylic oxidation sites excluding steroid dienone is 3. The molecule has 0 fully saturated rings. The van der Waals surface area contributed by atoms with Crippen molar-refractivity contribution in [2.45, 2.75) is 58.5 Å². The van der Waals surface area contributed by atoms with Crippen LogP contribution in [0, 0.1) is 0 Å². The Morgan fingerprint density at radius 1 is 0.889 bits per heavy atom. The summed E-state index contributed by atoms with van der Waals surface area (Å²) in [4.78, 5) is 51.4. The fourth-order valence-corrected chi connectivity index (χ4v) is 5.19. The lowest BCUT2D eigenvalue weighted by Gasteiger charge is -2.21. The molecule has 54 heavy (non-hydrogen) atoms. The summed E-state index contributed by atoms with van der Waals surface area (Å²) in [6, 6.07) is 15.6. The number of amides is 2. The Labute approximate surface area is 312 Å². The predicted octanol–water partition coefficient (Wildman–Crippen LogP) is 8.64. The third-order valence-corrected chi connectivity index (χ3v) is 7.95. The molecular formula is C41H45F3N2O8. The van der Waals surface area contributed by atoms with E-state index in [1.165, 1.54) is 61.7 Å². The number of alkyl halides is 3. The molecule has 13 heteroatoms. The second-order valence-corrected chi connectivity index (χ2v) is 12.4. The highest BCUT2D eigenvalue weighted by atomic mass is 19.4. The van der Waals surface area contributed by atoms with E-state index in [1.54, 1.807) is 37.3 Å². The second kappa shape index (κ2) is 21.0. The van der Waals surface area contributed by atoms with Gasteiger partial charge >= 0.3 is 18.1 Å². The fourth-order valence-electron chi connectivity index (χ4n) is 5.19. The highest BCUT2D eigenvalue weighted by Gasteiger charge is 2.34. The molecule has 3 aromatic rings. The summed E-state index contributed by atoms with van der Waals surface area (Å²) < 4.78 is 56.1. The van der Waals surface area contributed by atoms with Gasteiger partial charge in [0.2, 0.25) is 5.91 Å². The number of nitrogens with zero attached hydrogens (tertiary/aromatic N) is 1. The number of carboxylic acids is 1. The number of carbonyl (C=O) groups excluding carboxylic acids is 3. The summed E-state index contributed by atoms with van der Waals surface area (Å²) in [6.45, 7) is 7.41. The number of hydrogen-bond donors (Lipinski definition) is 2. The standard InChI is InChI=1S/C41H45F3N2O8/c1-5-7-8-9-10-23-53-34-20-15-31(16-21-34)40(51)54-33(6-2)19-11-28(3)26-46(27-38(48)49)39(50)30-13-17-32(18-14-30)45-37(47)25-29-12-22-36(52-4)35(24-29)41(42,43)44/h6,11-22,24H,2,5,7-10,23,25-27H2,1,3-4H3,(H,45,47)(H,48,49). The number of benzene rings is 3. The molecular weight excluding hydrogens is 705 g/mol. The van der Waals surface area contributed by atoms with Crippen LogP contribution in [0.4, 0.5) is 18.9 Å². The number of halogens is 3. The number of aliphatic carboxylic acids is 1. The minimum atomic E-state index is -4.67. The van der Waals surface area contributed by atoms with Gasteiger partial charge in [-0.25, -0.2) is 4.79 Å². The van der Waals surface area contributed by atoms with Gasteiger partial charge in [0, 0.05) is 17.8 Å². The molecule has 3 aromatic carbocycles. The van der Waals surface area contributed by atoms with Crippen LogP contribution in [-0.2, 0) is 26.9 Å². The van der Waals surface area contributed by atoms with Gasteiger partial charge in [-0.3, -0.25) is 14.4 Å². The Kier molecular flexibility index (Phi) is 16.6. The van der Waals surface area contributed by atoms with Gasteiger partial charge in [-0.15, -0.1) is 0 Å². The smallest absolute Gasteiger partial charge is 0.419 e. The van der Waals surface area contributed by atoms with Crippen LogP contribution >= 0.6 is 0 Å². The highest BCUT2D eigenvalue weighted by Crippen LogP contribution is 2.36. The van der Waals surface area contributed by atoms with Gasteiger partial charge in [-0.2, -0.15) is 13.2 Å². The van der Waals surface area contributed by atoms with E-state index >= 15 is 0 Å². The number of carboxylic acid groups (broad SMARTS) is 1. The predicted molar refractivity (Wildman–Crippen MR) is 198 cm³/mol. The molecule has 0 heterocycles. The molecule has 0 bridgehead atoms. The zero-order valence-electron chi connectivity index (χ0n) is 30.5. The number of hydrogen-bond acceptors (Lipinski definition) is 7. The summed E-state index contributed by atoms with van der Waals surface area (Å²) in [7, 11) is 1.12. The minimum absolute atomic E-state index is 0.0830. The lowest BCUT2D eigenvalue weighted by Crippen LogP contribution is -2.36. The van der Waals surface area contributed by atoms with Crippen LogP contribution in [-0.4, -0.2) is 60.6 Å². The number of esters is 1. The van der Waals surface area contributed by atoms with Crippen LogP contribution in [0.15, 0.2) is 103 Å². The van der Waals surface area contributed by atoms with Gasteiger partial charge in [0.25, 0.3) is 5.91 Å². The summed E-state index contributed by atoms with van der Waals surface area (Å²) >= 11 is 0. The molecule has 2 N–H and O–H groups in total. The number of rotatable bonds is 20. The molecule has 2 amide bonds. The molecule has 0 aliphatic heterocycles. The van der Waals surface area contributed by atoms with E-state index in [1.807, 2.05) is 0 Å². The largest absolute Gasteiger partial charge is 0.496 e. The number of ether oxygens (including phenoxy) is 3. The maximum atomic E-state index is 13.4. The van der Waals surface area contributed by atoms with E-state index in [0.29, 0.717) is 23.5 Å². The normalized spacial score (nSPS) is 11.7. The van der Waals surface area contributed by atoms with Crippen molar-refractivity contribution in [1.29, 1.82) is 0 Å². The van der Waals surface area contributed by atoms with Gasteiger partial charge in [0.05, 0.1) is 31.3 Å². The van der Waals surface area contributed by atoms with Crippen LogP contribution in [0.3, 0.4) is 0 Å². The van der Waals surface area contributed by atoms with Crippen LogP contribution in [0.2, 0.25) is 0 Å². The lowest BCUT2D eigenvalue weighted by molar-refractivity contribution is -0.139. The minimum Gasteiger partial charge on any atom is -0.496 e. The molecule has 10 nitrogen and oxygen atoms in total. The van der Waals surface area contributed by atoms with Crippen molar-refractivity contribution in [2.75, 3.05) is 32.1 Å². The molecule has 3 rings (SSSR count). The van der Waals surface area contributed by atoms with E-state index in [9.17, 15) is 37.5 Å². The summed E-state index contributed by atoms with van der Waals surface area (Å²) in [5.74, 6) is -2.64. The molecule has 0 aliphatic carbocycles. The van der Waals surface area contributed by atoms with E-state index < -0.39 is 42.0 Å². The van der Waals surface area contributed by atoms with Crippen molar-refractivity contribution in [1.82, 2.24) is 4.90 Å². The Balaban J connectivity index is 1.60. The number of nitrogens with one attached hydrogen (secondary N) is 1. The molecule has 0 atom stereocenters. The Morgan fingerprint density at radius 3 is 2.17 bits per heavy atom. The molecule has 288 valence electrons. The van der Waals surface area contributed by atoms with Crippen molar-refractivity contribution in [3.8, 4) is 11.5 Å². The summed E-state index contributed by atoms with van der Waals surface area (Å²) in [5.41, 5.74) is 0.392. The SMILES string of the molecule is C=CC(=CC=C(C)CN(CC(=O)O)C(=O)c1ccc(NC(=O)Cc2ccc(OC)c(C(F)(F)F)c2)cc1)OC(=O)c1ccc(OCCCCCCC)cc1. The first-order valence-corrected chi connectivity index (χ1v) is 17.3. The van der Waals surface area contributed by atoms with Crippen molar-refractivity contribution < 1.29 is 51.7 Å². The first kappa shape index (κ1) is 42.6. The number of carbonyl (C=O) groups is 4. The van der Waals surface area contributed by atoms with Gasteiger partial charge in [0.1, 0.15) is 23.8 Å². The maximum absolute atomic E-state index is 13.4. The first-order valence-electron chi connectivity index (χ1n) is 17.3. The molecule has 0 saturated heterocycles. The molecule has 0 unspecified atom stereocenters. The van der Waals surface area contributed by atoms with E-state index in [-0.39, 0.29) is 41.3 Å². The first-order chi connectivity index (χ1) is 25.7. The summed E-state index contributed by atoms with van der Waals surface area (Å²) in [5, 5.41) is 12.1. The van der Waals surface area contributed by atoms with Gasteiger partial charge in [-0.1, -0.05) is 56.9 Å². The van der Waals surface area contributed by atoms with Crippen molar-refractivity contribution in [3.63, 3.8) is 0 Å². The second-order valence-electron chi connectivity index (χ2n) is 12.4. The van der Waals surface area contributed by atoms with Gasteiger partial charge in [0.15, 0.2) is 0 Å². The quantitative estimate of drug-likeness (QED) is 0.0508. The van der Waals surface area contributed by atoms with Crippen molar-refractivity contribution in [2.24, 2.45) is 0 Å². The molecule has 0 aliphatic rings. The third-order valence-electron chi connectivity index (χ3n) is 7.95. The average molecular weight is 751 g/mol. The monoisotopic (exact) mass is 750 g/mol. The Hall–Kier alpha value is -5.85. The van der Waals surface area contributed by atoms with Crippen LogP contribution in [0.25, 0.3) is 0 Å². The summed E-state index contributed by atoms with van der Waals surface area (Å²) in [6.07, 6.45) is 4.99. The molecule has 0 radical (unpaired) electrons. The van der Waals surface area contributed by atoms with Gasteiger partial charge < -0.3 is 29.5 Å². The zero-order valence-corrected chi connectivity index (χ0v) is 30.5. The molecule has 0 saturated carbocycles. The van der Waals surface area contributed by atoms with Gasteiger partial charge in [-0.05, 0) is 91.7 Å². The van der Waals surface area contributed by atoms with Crippen molar-refractivity contribution >= 4 is 29.4 Å². The Bertz CT molecular complexity index is 1820. The molecule has 0 aromatic heterocycles. The number of methoxy groups -OCH3 is 1. The highest BCUT2D eigenvalue weighted by molar-refractivity contribution is 5.97. The molecule has 0 spiro atoms.